The topological polar surface area (TPSA) is 0 Å². The maximum atomic E-state index is 3.08. The second-order valence-electron chi connectivity index (χ2n) is 5.59. The first-order chi connectivity index (χ1) is 6.34. The molecule has 0 aromatic carbocycles. The minimum absolute atomic E-state index is 0.955. The predicted octanol–water partition coefficient (Wildman–Crippen LogP) is 3.47. The second-order valence-corrected chi connectivity index (χ2v) is 6.53. The Balaban J connectivity index is 1.82. The summed E-state index contributed by atoms with van der Waals surface area (Å²) in [4.78, 5) is 0. The van der Waals surface area contributed by atoms with Crippen LogP contribution in [0.2, 0.25) is 0 Å². The monoisotopic (exact) mass is 196 g/mol. The van der Waals surface area contributed by atoms with Gasteiger partial charge in [-0.05, 0) is 67.9 Å². The van der Waals surface area contributed by atoms with E-state index in [0.29, 0.717) is 0 Å². The molecule has 3 fully saturated rings. The van der Waals surface area contributed by atoms with Gasteiger partial charge in [-0.3, -0.25) is 0 Å². The summed E-state index contributed by atoms with van der Waals surface area (Å²) in [6.45, 7) is 0. The summed E-state index contributed by atoms with van der Waals surface area (Å²) in [7, 11) is 3.08. The Hall–Kier alpha value is 0.430. The average Bonchev–Trinajstić information content (AvgIpc) is 2.61. The van der Waals surface area contributed by atoms with Crippen molar-refractivity contribution >= 4 is 9.24 Å². The Morgan fingerprint density at radius 3 is 2.38 bits per heavy atom. The van der Waals surface area contributed by atoms with Gasteiger partial charge in [-0.2, -0.15) is 0 Å². The fourth-order valence-electron chi connectivity index (χ4n) is 4.46. The number of hydrogen-bond donors (Lipinski definition) is 0. The molecule has 1 heteroatoms. The predicted molar refractivity (Wildman–Crippen MR) is 59.8 cm³/mol. The highest BCUT2D eigenvalue weighted by molar-refractivity contribution is 7.17. The van der Waals surface area contributed by atoms with Crippen LogP contribution < -0.4 is 0 Å². The van der Waals surface area contributed by atoms with E-state index in [2.05, 4.69) is 9.24 Å². The normalized spacial score (nSPS) is 54.7. The highest BCUT2D eigenvalue weighted by atomic mass is 31.0. The zero-order chi connectivity index (χ0) is 8.84. The number of rotatable bonds is 0. The SMILES string of the molecule is PC1CCC2CC(C1)C1CCC[C@@H]21. The van der Waals surface area contributed by atoms with Crippen LogP contribution in [0.5, 0.6) is 0 Å². The van der Waals surface area contributed by atoms with Gasteiger partial charge in [-0.15, -0.1) is 9.24 Å². The fraction of sp³-hybridized carbons (Fsp3) is 1.00. The van der Waals surface area contributed by atoms with Crippen LogP contribution in [0, 0.1) is 23.7 Å². The van der Waals surface area contributed by atoms with Gasteiger partial charge in [0.15, 0.2) is 0 Å². The van der Waals surface area contributed by atoms with Crippen molar-refractivity contribution in [3.63, 3.8) is 0 Å². The summed E-state index contributed by atoms with van der Waals surface area (Å²) in [6, 6.07) is 0. The summed E-state index contributed by atoms with van der Waals surface area (Å²) in [6.07, 6.45) is 10.9. The molecule has 3 aliphatic carbocycles. The van der Waals surface area contributed by atoms with E-state index in [1.807, 2.05) is 0 Å². The van der Waals surface area contributed by atoms with Crippen LogP contribution in [0.1, 0.15) is 44.9 Å². The highest BCUT2D eigenvalue weighted by Gasteiger charge is 2.46. The lowest BCUT2D eigenvalue weighted by molar-refractivity contribution is 0.289. The molecule has 3 rings (SSSR count). The van der Waals surface area contributed by atoms with Gasteiger partial charge in [0.25, 0.3) is 0 Å². The summed E-state index contributed by atoms with van der Waals surface area (Å²) < 4.78 is 0. The van der Waals surface area contributed by atoms with Gasteiger partial charge in [0, 0.05) is 0 Å². The first-order valence-electron chi connectivity index (χ1n) is 6.10. The van der Waals surface area contributed by atoms with E-state index in [-0.39, 0.29) is 0 Å². The first kappa shape index (κ1) is 8.72. The van der Waals surface area contributed by atoms with Gasteiger partial charge in [0.05, 0.1) is 0 Å². The molecule has 0 aromatic rings. The molecule has 5 unspecified atom stereocenters. The minimum Gasteiger partial charge on any atom is -0.134 e. The Morgan fingerprint density at radius 2 is 1.54 bits per heavy atom. The molecular formula is C12H21P. The summed E-state index contributed by atoms with van der Waals surface area (Å²) in [5.74, 6) is 4.60. The molecule has 0 saturated heterocycles. The Kier molecular flexibility index (Phi) is 2.16. The van der Waals surface area contributed by atoms with E-state index in [4.69, 9.17) is 0 Å². The van der Waals surface area contributed by atoms with Gasteiger partial charge in [-0.1, -0.05) is 6.42 Å². The molecule has 74 valence electrons. The van der Waals surface area contributed by atoms with Crippen LogP contribution in [-0.4, -0.2) is 5.66 Å². The third-order valence-corrected chi connectivity index (χ3v) is 5.56. The van der Waals surface area contributed by atoms with Gasteiger partial charge < -0.3 is 0 Å². The molecule has 0 aliphatic heterocycles. The zero-order valence-electron chi connectivity index (χ0n) is 8.41. The van der Waals surface area contributed by atoms with E-state index < -0.39 is 0 Å². The van der Waals surface area contributed by atoms with E-state index in [9.17, 15) is 0 Å². The van der Waals surface area contributed by atoms with Crippen LogP contribution in [0.25, 0.3) is 0 Å². The largest absolute Gasteiger partial charge is 0.134 e. The highest BCUT2D eigenvalue weighted by Crippen LogP contribution is 2.56. The van der Waals surface area contributed by atoms with Crippen molar-refractivity contribution in [1.82, 2.24) is 0 Å². The van der Waals surface area contributed by atoms with E-state index in [1.54, 1.807) is 32.1 Å². The lowest BCUT2D eigenvalue weighted by atomic mass is 9.84. The van der Waals surface area contributed by atoms with Gasteiger partial charge in [-0.25, -0.2) is 0 Å². The van der Waals surface area contributed by atoms with Crippen LogP contribution >= 0.6 is 9.24 Å². The van der Waals surface area contributed by atoms with Crippen molar-refractivity contribution in [2.24, 2.45) is 23.7 Å². The minimum atomic E-state index is 0.955. The fourth-order valence-corrected chi connectivity index (χ4v) is 5.01. The van der Waals surface area contributed by atoms with Crippen LogP contribution in [0.4, 0.5) is 0 Å². The van der Waals surface area contributed by atoms with E-state index in [0.717, 1.165) is 23.4 Å². The summed E-state index contributed by atoms with van der Waals surface area (Å²) in [5.41, 5.74) is 0.955. The second kappa shape index (κ2) is 3.23. The maximum absolute atomic E-state index is 3.08. The molecule has 0 radical (unpaired) electrons. The summed E-state index contributed by atoms with van der Waals surface area (Å²) >= 11 is 0. The first-order valence-corrected chi connectivity index (χ1v) is 6.77. The lowest BCUT2D eigenvalue weighted by Gasteiger charge is -2.24. The van der Waals surface area contributed by atoms with Gasteiger partial charge in [0.1, 0.15) is 0 Å². The molecule has 2 bridgehead atoms. The molecule has 0 nitrogen and oxygen atoms in total. The third-order valence-electron chi connectivity index (χ3n) is 4.96. The summed E-state index contributed by atoms with van der Waals surface area (Å²) in [5, 5.41) is 0. The maximum Gasteiger partial charge on any atom is -0.0261 e. The van der Waals surface area contributed by atoms with Crippen molar-refractivity contribution in [2.75, 3.05) is 0 Å². The van der Waals surface area contributed by atoms with Crippen molar-refractivity contribution in [3.05, 3.63) is 0 Å². The molecule has 0 amide bonds. The van der Waals surface area contributed by atoms with E-state index in [1.165, 1.54) is 18.8 Å². The quantitative estimate of drug-likeness (QED) is 0.520. The average molecular weight is 196 g/mol. The molecule has 13 heavy (non-hydrogen) atoms. The van der Waals surface area contributed by atoms with Crippen molar-refractivity contribution in [1.29, 1.82) is 0 Å². The molecule has 3 saturated carbocycles. The van der Waals surface area contributed by atoms with Gasteiger partial charge >= 0.3 is 0 Å². The molecule has 3 aliphatic rings. The lowest BCUT2D eigenvalue weighted by Crippen LogP contribution is -2.17. The Morgan fingerprint density at radius 1 is 0.769 bits per heavy atom. The Labute approximate surface area is 84.1 Å². The van der Waals surface area contributed by atoms with Crippen LogP contribution in [-0.2, 0) is 0 Å². The smallest absolute Gasteiger partial charge is 0.0261 e. The van der Waals surface area contributed by atoms with Gasteiger partial charge in [0.2, 0.25) is 0 Å². The van der Waals surface area contributed by atoms with Crippen molar-refractivity contribution < 1.29 is 0 Å². The Bertz CT molecular complexity index is 199. The van der Waals surface area contributed by atoms with Crippen LogP contribution in [0.15, 0.2) is 0 Å². The van der Waals surface area contributed by atoms with Crippen molar-refractivity contribution in [3.8, 4) is 0 Å². The molecular weight excluding hydrogens is 175 g/mol. The van der Waals surface area contributed by atoms with E-state index >= 15 is 0 Å². The molecule has 0 aromatic heterocycles. The van der Waals surface area contributed by atoms with Crippen molar-refractivity contribution in [2.45, 2.75) is 50.6 Å². The van der Waals surface area contributed by atoms with Crippen LogP contribution in [0.3, 0.4) is 0 Å². The number of fused-ring (bicyclic) bond motifs is 5. The molecule has 0 N–H and O–H groups in total. The standard InChI is InChI=1S/C12H21P/c13-10-5-4-8-6-9(7-10)12-3-1-2-11(8)12/h8-12H,1-7,13H2/t8?,9?,10?,11-,12?/m0/s1. The third kappa shape index (κ3) is 1.37. The zero-order valence-corrected chi connectivity index (χ0v) is 9.57. The number of hydrogen-bond acceptors (Lipinski definition) is 0. The molecule has 0 spiro atoms. The molecule has 6 atom stereocenters. The molecule has 0 heterocycles.